The smallest absolute Gasteiger partial charge is 0.00465 e. The highest BCUT2D eigenvalue weighted by Crippen LogP contribution is 1.99. The fraction of sp³-hybridized carbons (Fsp3) is 0.833. The van der Waals surface area contributed by atoms with Crippen molar-refractivity contribution in [1.82, 2.24) is 5.32 Å². The van der Waals surface area contributed by atoms with Crippen molar-refractivity contribution in [2.24, 2.45) is 5.92 Å². The summed E-state index contributed by atoms with van der Waals surface area (Å²) in [6.45, 7) is 10.6. The van der Waals surface area contributed by atoms with Crippen LogP contribution in [-0.2, 0) is 0 Å². The first-order chi connectivity index (χ1) is 6.27. The molecule has 0 aliphatic heterocycles. The Morgan fingerprint density at radius 1 is 1.15 bits per heavy atom. The summed E-state index contributed by atoms with van der Waals surface area (Å²) in [6, 6.07) is 0. The highest BCUT2D eigenvalue weighted by molar-refractivity contribution is 4.65. The highest BCUT2D eigenvalue weighted by Gasteiger charge is 1.92. The molecule has 0 spiro atoms. The van der Waals surface area contributed by atoms with Crippen molar-refractivity contribution in [3.05, 3.63) is 12.7 Å². The Kier molecular flexibility index (Phi) is 9.56. The Morgan fingerprint density at radius 2 is 1.92 bits per heavy atom. The molecule has 0 rings (SSSR count). The Labute approximate surface area is 83.6 Å². The molecule has 0 aromatic rings. The van der Waals surface area contributed by atoms with Gasteiger partial charge in [-0.15, -0.1) is 6.58 Å². The normalized spacial score (nSPS) is 10.7. The molecule has 0 atom stereocenters. The lowest BCUT2D eigenvalue weighted by molar-refractivity contribution is 0.524. The van der Waals surface area contributed by atoms with Crippen molar-refractivity contribution in [3.8, 4) is 0 Å². The van der Waals surface area contributed by atoms with Gasteiger partial charge in [-0.05, 0) is 44.7 Å². The minimum atomic E-state index is 0.827. The lowest BCUT2D eigenvalue weighted by atomic mass is 10.1. The molecule has 0 heterocycles. The number of unbranched alkanes of at least 4 members (excludes halogenated alkanes) is 3. The van der Waals surface area contributed by atoms with Gasteiger partial charge in [0.25, 0.3) is 0 Å². The Hall–Kier alpha value is -0.300. The predicted octanol–water partition coefficient (Wildman–Crippen LogP) is 3.37. The van der Waals surface area contributed by atoms with Gasteiger partial charge in [0.05, 0.1) is 0 Å². The lowest BCUT2D eigenvalue weighted by Crippen LogP contribution is -2.17. The van der Waals surface area contributed by atoms with Gasteiger partial charge >= 0.3 is 0 Å². The van der Waals surface area contributed by atoms with Crippen molar-refractivity contribution < 1.29 is 0 Å². The van der Waals surface area contributed by atoms with Gasteiger partial charge in [-0.1, -0.05) is 26.3 Å². The molecule has 0 aliphatic rings. The van der Waals surface area contributed by atoms with E-state index in [9.17, 15) is 0 Å². The zero-order valence-corrected chi connectivity index (χ0v) is 9.31. The Morgan fingerprint density at radius 3 is 2.54 bits per heavy atom. The third-order valence-electron chi connectivity index (χ3n) is 2.16. The van der Waals surface area contributed by atoms with Crippen molar-refractivity contribution in [2.45, 2.75) is 46.0 Å². The number of nitrogens with one attached hydrogen (secondary N) is 1. The van der Waals surface area contributed by atoms with Gasteiger partial charge in [-0.3, -0.25) is 0 Å². The summed E-state index contributed by atoms with van der Waals surface area (Å²) in [7, 11) is 0. The maximum Gasteiger partial charge on any atom is -0.00465 e. The SMILES string of the molecule is C=CCCCCCNCCC(C)C. The summed E-state index contributed by atoms with van der Waals surface area (Å²) in [5.74, 6) is 0.827. The zero-order chi connectivity index (χ0) is 9.94. The average molecular weight is 183 g/mol. The van der Waals surface area contributed by atoms with E-state index in [4.69, 9.17) is 0 Å². The molecule has 0 amide bonds. The second-order valence-corrected chi connectivity index (χ2v) is 4.07. The van der Waals surface area contributed by atoms with E-state index in [0.717, 1.165) is 5.92 Å². The van der Waals surface area contributed by atoms with Crippen LogP contribution in [0.3, 0.4) is 0 Å². The molecule has 78 valence electrons. The number of allylic oxidation sites excluding steroid dienone is 1. The largest absolute Gasteiger partial charge is 0.317 e. The van der Waals surface area contributed by atoms with E-state index < -0.39 is 0 Å². The Bertz CT molecular complexity index is 108. The maximum atomic E-state index is 3.71. The predicted molar refractivity (Wildman–Crippen MR) is 61.0 cm³/mol. The summed E-state index contributed by atoms with van der Waals surface area (Å²) in [5, 5.41) is 3.47. The van der Waals surface area contributed by atoms with Gasteiger partial charge in [0.1, 0.15) is 0 Å². The summed E-state index contributed by atoms with van der Waals surface area (Å²) in [6.07, 6.45) is 8.42. The van der Waals surface area contributed by atoms with E-state index in [1.165, 1.54) is 45.2 Å². The van der Waals surface area contributed by atoms with Crippen LogP contribution < -0.4 is 5.32 Å². The van der Waals surface area contributed by atoms with Gasteiger partial charge in [-0.2, -0.15) is 0 Å². The Balaban J connectivity index is 2.87. The van der Waals surface area contributed by atoms with Crippen LogP contribution in [0.2, 0.25) is 0 Å². The van der Waals surface area contributed by atoms with E-state index in [2.05, 4.69) is 25.7 Å². The summed E-state index contributed by atoms with van der Waals surface area (Å²) >= 11 is 0. The second-order valence-electron chi connectivity index (χ2n) is 4.07. The molecule has 0 aromatic heterocycles. The van der Waals surface area contributed by atoms with Crippen LogP contribution >= 0.6 is 0 Å². The van der Waals surface area contributed by atoms with Crippen molar-refractivity contribution in [2.75, 3.05) is 13.1 Å². The molecular weight excluding hydrogens is 158 g/mol. The molecule has 0 fully saturated rings. The molecule has 0 saturated heterocycles. The monoisotopic (exact) mass is 183 g/mol. The van der Waals surface area contributed by atoms with E-state index in [1.54, 1.807) is 0 Å². The van der Waals surface area contributed by atoms with E-state index in [1.807, 2.05) is 6.08 Å². The topological polar surface area (TPSA) is 12.0 Å². The molecular formula is C12H25N. The molecule has 0 radical (unpaired) electrons. The quantitative estimate of drug-likeness (QED) is 0.427. The molecule has 0 saturated carbocycles. The molecule has 0 aromatic carbocycles. The molecule has 1 N–H and O–H groups in total. The van der Waals surface area contributed by atoms with Gasteiger partial charge in [0, 0.05) is 0 Å². The van der Waals surface area contributed by atoms with Crippen LogP contribution in [0.4, 0.5) is 0 Å². The van der Waals surface area contributed by atoms with Crippen LogP contribution in [0, 0.1) is 5.92 Å². The number of hydrogen-bond donors (Lipinski definition) is 1. The van der Waals surface area contributed by atoms with Gasteiger partial charge in [0.15, 0.2) is 0 Å². The average Bonchev–Trinajstić information content (AvgIpc) is 2.09. The first kappa shape index (κ1) is 12.7. The summed E-state index contributed by atoms with van der Waals surface area (Å²) in [4.78, 5) is 0. The third-order valence-corrected chi connectivity index (χ3v) is 2.16. The maximum absolute atomic E-state index is 3.71. The van der Waals surface area contributed by atoms with E-state index in [0.29, 0.717) is 0 Å². The van der Waals surface area contributed by atoms with Crippen molar-refractivity contribution >= 4 is 0 Å². The first-order valence-electron chi connectivity index (χ1n) is 5.59. The fourth-order valence-corrected chi connectivity index (χ4v) is 1.23. The molecule has 1 heteroatoms. The van der Waals surface area contributed by atoms with Crippen molar-refractivity contribution in [1.29, 1.82) is 0 Å². The second kappa shape index (κ2) is 9.79. The molecule has 13 heavy (non-hydrogen) atoms. The highest BCUT2D eigenvalue weighted by atomic mass is 14.8. The van der Waals surface area contributed by atoms with Gasteiger partial charge in [-0.25, -0.2) is 0 Å². The standard InChI is InChI=1S/C12H25N/c1-4-5-6-7-8-10-13-11-9-12(2)3/h4,12-13H,1,5-11H2,2-3H3. The van der Waals surface area contributed by atoms with E-state index in [-0.39, 0.29) is 0 Å². The summed E-state index contributed by atoms with van der Waals surface area (Å²) in [5.41, 5.74) is 0. The van der Waals surface area contributed by atoms with Crippen LogP contribution in [0.15, 0.2) is 12.7 Å². The van der Waals surface area contributed by atoms with Crippen LogP contribution in [-0.4, -0.2) is 13.1 Å². The third kappa shape index (κ3) is 11.7. The lowest BCUT2D eigenvalue weighted by Gasteiger charge is -2.06. The molecule has 0 unspecified atom stereocenters. The zero-order valence-electron chi connectivity index (χ0n) is 9.31. The molecule has 1 nitrogen and oxygen atoms in total. The summed E-state index contributed by atoms with van der Waals surface area (Å²) < 4.78 is 0. The van der Waals surface area contributed by atoms with E-state index >= 15 is 0 Å². The first-order valence-corrected chi connectivity index (χ1v) is 5.59. The minimum absolute atomic E-state index is 0.827. The van der Waals surface area contributed by atoms with Crippen LogP contribution in [0.1, 0.15) is 46.0 Å². The fourth-order valence-electron chi connectivity index (χ4n) is 1.23. The van der Waals surface area contributed by atoms with Crippen LogP contribution in [0.5, 0.6) is 0 Å². The van der Waals surface area contributed by atoms with Crippen molar-refractivity contribution in [3.63, 3.8) is 0 Å². The van der Waals surface area contributed by atoms with Gasteiger partial charge in [0.2, 0.25) is 0 Å². The molecule has 0 aliphatic carbocycles. The van der Waals surface area contributed by atoms with Gasteiger partial charge < -0.3 is 5.32 Å². The number of rotatable bonds is 9. The minimum Gasteiger partial charge on any atom is -0.317 e. The van der Waals surface area contributed by atoms with Crippen LogP contribution in [0.25, 0.3) is 0 Å². The number of hydrogen-bond acceptors (Lipinski definition) is 1. The molecule has 0 bridgehead atoms.